The summed E-state index contributed by atoms with van der Waals surface area (Å²) in [6.07, 6.45) is -3.09. The standard InChI is InChI=1S/C18H23N3O3.C2HF3O2/c1-3-22-11-14-9-21(10-16-15(14)7-19-20(16)2)8-13-4-5-17-18(6-13)24-12-23-17;3-2(4,5)1(6)7/h4-7,14H,3,8-12H2,1-2H3;(H,6,7). The lowest BCUT2D eigenvalue weighted by Gasteiger charge is -2.33. The van der Waals surface area contributed by atoms with E-state index in [9.17, 15) is 13.2 Å². The molecule has 0 bridgehead atoms. The molecule has 170 valence electrons. The normalized spacial score (nSPS) is 17.6. The second-order valence-electron chi connectivity index (χ2n) is 7.19. The molecule has 1 aromatic carbocycles. The monoisotopic (exact) mass is 443 g/mol. The first kappa shape index (κ1) is 22.9. The molecular formula is C20H24F3N3O5. The Morgan fingerprint density at radius 3 is 2.71 bits per heavy atom. The summed E-state index contributed by atoms with van der Waals surface area (Å²) in [7, 11) is 2.01. The Hall–Kier alpha value is -2.79. The van der Waals surface area contributed by atoms with Crippen molar-refractivity contribution < 1.29 is 37.3 Å². The third kappa shape index (κ3) is 5.67. The van der Waals surface area contributed by atoms with Crippen molar-refractivity contribution >= 4 is 5.97 Å². The molecule has 2 aliphatic heterocycles. The summed E-state index contributed by atoms with van der Waals surface area (Å²) in [5, 5.41) is 11.6. The van der Waals surface area contributed by atoms with Crippen molar-refractivity contribution in [3.8, 4) is 11.5 Å². The minimum atomic E-state index is -5.08. The number of ether oxygens (including phenoxy) is 3. The van der Waals surface area contributed by atoms with Gasteiger partial charge in [-0.15, -0.1) is 0 Å². The van der Waals surface area contributed by atoms with Crippen LogP contribution in [0.5, 0.6) is 11.5 Å². The highest BCUT2D eigenvalue weighted by atomic mass is 19.4. The zero-order valence-electron chi connectivity index (χ0n) is 17.2. The smallest absolute Gasteiger partial charge is 0.475 e. The van der Waals surface area contributed by atoms with Crippen molar-refractivity contribution in [2.24, 2.45) is 7.05 Å². The van der Waals surface area contributed by atoms with Crippen LogP contribution in [0, 0.1) is 0 Å². The molecule has 0 aliphatic carbocycles. The summed E-state index contributed by atoms with van der Waals surface area (Å²) in [5.41, 5.74) is 3.85. The lowest BCUT2D eigenvalue weighted by molar-refractivity contribution is -0.192. The highest BCUT2D eigenvalue weighted by Crippen LogP contribution is 2.34. The number of carbonyl (C=O) groups is 1. The topological polar surface area (TPSA) is 86.1 Å². The maximum Gasteiger partial charge on any atom is 0.490 e. The van der Waals surface area contributed by atoms with E-state index in [2.05, 4.69) is 22.1 Å². The van der Waals surface area contributed by atoms with Crippen LogP contribution in [0.3, 0.4) is 0 Å². The average Bonchev–Trinajstić information content (AvgIpc) is 3.32. The Morgan fingerprint density at radius 2 is 2.03 bits per heavy atom. The molecule has 0 saturated carbocycles. The van der Waals surface area contributed by atoms with Gasteiger partial charge in [0, 0.05) is 44.8 Å². The Morgan fingerprint density at radius 1 is 1.32 bits per heavy atom. The van der Waals surface area contributed by atoms with Crippen LogP contribution >= 0.6 is 0 Å². The zero-order chi connectivity index (χ0) is 22.6. The van der Waals surface area contributed by atoms with E-state index in [-0.39, 0.29) is 0 Å². The largest absolute Gasteiger partial charge is 0.490 e. The van der Waals surface area contributed by atoms with Crippen molar-refractivity contribution in [3.05, 3.63) is 41.2 Å². The molecule has 2 aliphatic rings. The third-order valence-electron chi connectivity index (χ3n) is 4.99. The molecule has 0 spiro atoms. The molecule has 0 fully saturated rings. The van der Waals surface area contributed by atoms with Crippen LogP contribution in [0.4, 0.5) is 13.2 Å². The Kier molecular flexibility index (Phi) is 7.06. The van der Waals surface area contributed by atoms with Crippen LogP contribution in [0.15, 0.2) is 24.4 Å². The van der Waals surface area contributed by atoms with Gasteiger partial charge in [-0.1, -0.05) is 6.07 Å². The predicted octanol–water partition coefficient (Wildman–Crippen LogP) is 2.92. The van der Waals surface area contributed by atoms with Gasteiger partial charge in [-0.25, -0.2) is 4.79 Å². The fourth-order valence-corrected chi connectivity index (χ4v) is 3.52. The Bertz CT molecular complexity index is 916. The number of aryl methyl sites for hydroxylation is 1. The number of halogens is 3. The number of rotatable bonds is 5. The van der Waals surface area contributed by atoms with Crippen LogP contribution in [0.2, 0.25) is 0 Å². The first-order chi connectivity index (χ1) is 14.7. The van der Waals surface area contributed by atoms with Crippen molar-refractivity contribution in [3.63, 3.8) is 0 Å². The molecule has 8 nitrogen and oxygen atoms in total. The Balaban J connectivity index is 0.000000339. The molecule has 31 heavy (non-hydrogen) atoms. The van der Waals surface area contributed by atoms with E-state index in [1.165, 1.54) is 16.8 Å². The van der Waals surface area contributed by atoms with Crippen molar-refractivity contribution in [2.45, 2.75) is 32.1 Å². The number of nitrogens with zero attached hydrogens (tertiary/aromatic N) is 3. The molecule has 4 rings (SSSR count). The van der Waals surface area contributed by atoms with Crippen molar-refractivity contribution in [1.82, 2.24) is 14.7 Å². The van der Waals surface area contributed by atoms with Gasteiger partial charge >= 0.3 is 12.1 Å². The minimum absolute atomic E-state index is 0.317. The lowest BCUT2D eigenvalue weighted by Crippen LogP contribution is -2.35. The number of fused-ring (bicyclic) bond motifs is 2. The Labute approximate surface area is 177 Å². The number of hydrogen-bond acceptors (Lipinski definition) is 6. The van der Waals surface area contributed by atoms with E-state index in [0.717, 1.165) is 44.3 Å². The molecular weight excluding hydrogens is 419 g/mol. The molecule has 1 unspecified atom stereocenters. The summed E-state index contributed by atoms with van der Waals surface area (Å²) in [6.45, 7) is 6.61. The summed E-state index contributed by atoms with van der Waals surface area (Å²) in [4.78, 5) is 11.3. The number of aliphatic carboxylic acids is 1. The average molecular weight is 443 g/mol. The van der Waals surface area contributed by atoms with Crippen LogP contribution < -0.4 is 9.47 Å². The fraction of sp³-hybridized carbons (Fsp3) is 0.500. The maximum atomic E-state index is 10.6. The van der Waals surface area contributed by atoms with Gasteiger partial charge in [-0.2, -0.15) is 18.3 Å². The maximum absolute atomic E-state index is 10.6. The zero-order valence-corrected chi connectivity index (χ0v) is 17.2. The van der Waals surface area contributed by atoms with Crippen LogP contribution in [0.1, 0.15) is 29.7 Å². The molecule has 1 atom stereocenters. The summed E-state index contributed by atoms with van der Waals surface area (Å²) >= 11 is 0. The fourth-order valence-electron chi connectivity index (χ4n) is 3.52. The van der Waals surface area contributed by atoms with Gasteiger partial charge in [0.2, 0.25) is 6.79 Å². The molecule has 0 saturated heterocycles. The molecule has 11 heteroatoms. The minimum Gasteiger partial charge on any atom is -0.475 e. The van der Waals surface area contributed by atoms with E-state index in [1.54, 1.807) is 0 Å². The van der Waals surface area contributed by atoms with Gasteiger partial charge in [0.1, 0.15) is 0 Å². The number of carboxylic acids is 1. The summed E-state index contributed by atoms with van der Waals surface area (Å²) in [5.74, 6) is -0.707. The first-order valence-electron chi connectivity index (χ1n) is 9.68. The number of hydrogen-bond donors (Lipinski definition) is 1. The van der Waals surface area contributed by atoms with E-state index < -0.39 is 12.1 Å². The van der Waals surface area contributed by atoms with Gasteiger partial charge in [0.05, 0.1) is 18.5 Å². The number of aromatic nitrogens is 2. The highest BCUT2D eigenvalue weighted by Gasteiger charge is 2.38. The van der Waals surface area contributed by atoms with Crippen molar-refractivity contribution in [1.29, 1.82) is 0 Å². The summed E-state index contributed by atoms with van der Waals surface area (Å²) in [6, 6.07) is 6.19. The van der Waals surface area contributed by atoms with E-state index >= 15 is 0 Å². The van der Waals surface area contributed by atoms with E-state index in [4.69, 9.17) is 24.1 Å². The van der Waals surface area contributed by atoms with Gasteiger partial charge in [-0.05, 0) is 24.6 Å². The molecule has 2 aromatic rings. The van der Waals surface area contributed by atoms with Gasteiger partial charge < -0.3 is 19.3 Å². The second-order valence-corrected chi connectivity index (χ2v) is 7.19. The number of carboxylic acid groups (broad SMARTS) is 1. The number of alkyl halides is 3. The van der Waals surface area contributed by atoms with Crippen LogP contribution in [0.25, 0.3) is 0 Å². The van der Waals surface area contributed by atoms with Gasteiger partial charge in [0.25, 0.3) is 0 Å². The summed E-state index contributed by atoms with van der Waals surface area (Å²) < 4.78 is 50.3. The van der Waals surface area contributed by atoms with Crippen molar-refractivity contribution in [2.75, 3.05) is 26.6 Å². The second kappa shape index (κ2) is 9.56. The van der Waals surface area contributed by atoms with E-state index in [1.807, 2.05) is 30.9 Å². The van der Waals surface area contributed by atoms with Gasteiger partial charge in [0.15, 0.2) is 11.5 Å². The number of benzene rings is 1. The third-order valence-corrected chi connectivity index (χ3v) is 4.99. The van der Waals surface area contributed by atoms with Crippen LogP contribution in [-0.4, -0.2) is 58.5 Å². The molecule has 0 amide bonds. The molecule has 1 aromatic heterocycles. The van der Waals surface area contributed by atoms with E-state index in [0.29, 0.717) is 12.7 Å². The SMILES string of the molecule is CCOCC1CN(Cc2ccc3c(c2)OCO3)Cc2c1cnn2C.O=C(O)C(F)(F)F. The predicted molar refractivity (Wildman–Crippen MR) is 103 cm³/mol. The molecule has 1 N–H and O–H groups in total. The highest BCUT2D eigenvalue weighted by molar-refractivity contribution is 5.73. The molecule has 3 heterocycles. The quantitative estimate of drug-likeness (QED) is 0.761. The molecule has 0 radical (unpaired) electrons. The lowest BCUT2D eigenvalue weighted by atomic mass is 9.95. The van der Waals surface area contributed by atoms with Gasteiger partial charge in [-0.3, -0.25) is 9.58 Å². The van der Waals surface area contributed by atoms with Crippen LogP contribution in [-0.2, 0) is 29.7 Å². The first-order valence-corrected chi connectivity index (χ1v) is 9.68.